The highest BCUT2D eigenvalue weighted by molar-refractivity contribution is 7.87. The number of hydrogen-bond donors (Lipinski definition) is 0. The van der Waals surface area contributed by atoms with Crippen LogP contribution >= 0.6 is 11.6 Å². The summed E-state index contributed by atoms with van der Waals surface area (Å²) in [6.45, 7) is 7.99. The van der Waals surface area contributed by atoms with Crippen LogP contribution in [-0.4, -0.2) is 18.6 Å². The van der Waals surface area contributed by atoms with Crippen LogP contribution in [0.15, 0.2) is 59.5 Å². The number of hydrogen-bond acceptors (Lipinski definition) is 6. The number of aryl methyl sites for hydroxylation is 1. The van der Waals surface area contributed by atoms with Gasteiger partial charge in [0.15, 0.2) is 5.15 Å². The zero-order valence-electron chi connectivity index (χ0n) is 16.5. The largest absolute Gasteiger partial charge is 0.435 e. The Labute approximate surface area is 175 Å². The Morgan fingerprint density at radius 2 is 1.59 bits per heavy atom. The van der Waals surface area contributed by atoms with Gasteiger partial charge in [-0.25, -0.2) is 0 Å². The first kappa shape index (κ1) is 21.1. The Morgan fingerprint density at radius 1 is 0.931 bits per heavy atom. The third-order valence-corrected chi connectivity index (χ3v) is 5.54. The van der Waals surface area contributed by atoms with Crippen molar-refractivity contribution in [1.82, 2.24) is 10.2 Å². The number of rotatable bonds is 5. The molecular formula is C21H21ClN2O4S. The molecule has 0 aliphatic rings. The number of halogens is 1. The summed E-state index contributed by atoms with van der Waals surface area (Å²) in [7, 11) is -4.11. The summed E-state index contributed by atoms with van der Waals surface area (Å²) < 4.78 is 36.6. The van der Waals surface area contributed by atoms with Crippen LogP contribution in [-0.2, 0) is 15.5 Å². The minimum atomic E-state index is -4.11. The summed E-state index contributed by atoms with van der Waals surface area (Å²) in [6.07, 6.45) is 0. The van der Waals surface area contributed by atoms with Gasteiger partial charge in [-0.15, -0.1) is 10.2 Å². The molecule has 0 bridgehead atoms. The zero-order valence-corrected chi connectivity index (χ0v) is 18.1. The molecule has 0 aliphatic carbocycles. The van der Waals surface area contributed by atoms with Gasteiger partial charge in [-0.2, -0.15) is 8.42 Å². The zero-order chi connectivity index (χ0) is 21.2. The van der Waals surface area contributed by atoms with Crippen LogP contribution in [0.25, 0.3) is 0 Å². The summed E-state index contributed by atoms with van der Waals surface area (Å²) in [5.74, 6) is 0.283. The van der Waals surface area contributed by atoms with E-state index in [1.807, 2.05) is 45.9 Å². The van der Waals surface area contributed by atoms with Crippen molar-refractivity contribution in [2.75, 3.05) is 0 Å². The monoisotopic (exact) mass is 432 g/mol. The molecule has 152 valence electrons. The number of nitrogens with zero attached hydrogens (tertiary/aromatic N) is 2. The van der Waals surface area contributed by atoms with Crippen molar-refractivity contribution in [3.05, 3.63) is 70.9 Å². The summed E-state index contributed by atoms with van der Waals surface area (Å²) >= 11 is 5.92. The van der Waals surface area contributed by atoms with Gasteiger partial charge in [0.2, 0.25) is 5.75 Å². The molecule has 29 heavy (non-hydrogen) atoms. The highest BCUT2D eigenvalue weighted by Crippen LogP contribution is 2.37. The lowest BCUT2D eigenvalue weighted by atomic mass is 9.86. The third-order valence-electron chi connectivity index (χ3n) is 4.11. The molecule has 0 atom stereocenters. The van der Waals surface area contributed by atoms with Crippen LogP contribution in [0.3, 0.4) is 0 Å². The molecular weight excluding hydrogens is 412 g/mol. The molecule has 1 aromatic heterocycles. The molecule has 8 heteroatoms. The van der Waals surface area contributed by atoms with Crippen LogP contribution in [0.4, 0.5) is 0 Å². The van der Waals surface area contributed by atoms with E-state index in [1.165, 1.54) is 18.2 Å². The fraction of sp³-hybridized carbons (Fsp3) is 0.238. The van der Waals surface area contributed by atoms with Crippen molar-refractivity contribution in [1.29, 1.82) is 0 Å². The molecule has 2 aromatic carbocycles. The van der Waals surface area contributed by atoms with Crippen LogP contribution in [0.2, 0.25) is 5.15 Å². The van der Waals surface area contributed by atoms with Gasteiger partial charge in [0.05, 0.1) is 0 Å². The van der Waals surface area contributed by atoms with Gasteiger partial charge in [-0.3, -0.25) is 0 Å². The van der Waals surface area contributed by atoms with Gasteiger partial charge in [-0.1, -0.05) is 68.3 Å². The number of para-hydroxylation sites is 1. The van der Waals surface area contributed by atoms with E-state index in [-0.39, 0.29) is 27.1 Å². The van der Waals surface area contributed by atoms with E-state index < -0.39 is 10.1 Å². The molecule has 0 amide bonds. The molecule has 0 spiro atoms. The Bertz CT molecular complexity index is 1120. The molecule has 0 fully saturated rings. The van der Waals surface area contributed by atoms with Crippen molar-refractivity contribution >= 4 is 21.7 Å². The molecule has 1 heterocycles. The van der Waals surface area contributed by atoms with E-state index in [9.17, 15) is 8.42 Å². The lowest BCUT2D eigenvalue weighted by Gasteiger charge is -2.22. The molecule has 3 rings (SSSR count). The predicted molar refractivity (Wildman–Crippen MR) is 111 cm³/mol. The molecule has 6 nitrogen and oxygen atoms in total. The van der Waals surface area contributed by atoms with Crippen LogP contribution in [0.1, 0.15) is 31.9 Å². The maximum atomic E-state index is 12.7. The van der Waals surface area contributed by atoms with Crippen molar-refractivity contribution in [2.24, 2.45) is 0 Å². The fourth-order valence-corrected chi connectivity index (χ4v) is 3.68. The van der Waals surface area contributed by atoms with E-state index >= 15 is 0 Å². The molecule has 0 saturated carbocycles. The quantitative estimate of drug-likeness (QED) is 0.509. The van der Waals surface area contributed by atoms with Crippen molar-refractivity contribution < 1.29 is 17.3 Å². The summed E-state index contributed by atoms with van der Waals surface area (Å²) in [5, 5.41) is 7.63. The van der Waals surface area contributed by atoms with Gasteiger partial charge in [-0.05, 0) is 30.5 Å². The van der Waals surface area contributed by atoms with E-state index in [4.69, 9.17) is 20.5 Å². The highest BCUT2D eigenvalue weighted by Gasteiger charge is 2.24. The molecule has 0 aliphatic heterocycles. The van der Waals surface area contributed by atoms with Crippen molar-refractivity contribution in [2.45, 2.75) is 38.0 Å². The number of aromatic nitrogens is 2. The van der Waals surface area contributed by atoms with E-state index in [0.29, 0.717) is 5.75 Å². The van der Waals surface area contributed by atoms with Gasteiger partial charge in [0, 0.05) is 11.6 Å². The predicted octanol–water partition coefficient (Wildman–Crippen LogP) is 5.30. The second-order valence-electron chi connectivity index (χ2n) is 7.54. The summed E-state index contributed by atoms with van der Waals surface area (Å²) in [4.78, 5) is 0.0112. The average Bonchev–Trinajstić information content (AvgIpc) is 2.63. The average molecular weight is 433 g/mol. The lowest BCUT2D eigenvalue weighted by Crippen LogP contribution is -2.13. The first-order valence-electron chi connectivity index (χ1n) is 8.88. The van der Waals surface area contributed by atoms with E-state index in [1.54, 1.807) is 18.2 Å². The lowest BCUT2D eigenvalue weighted by molar-refractivity contribution is 0.403. The fourth-order valence-electron chi connectivity index (χ4n) is 2.62. The number of benzene rings is 2. The van der Waals surface area contributed by atoms with Gasteiger partial charge < -0.3 is 8.92 Å². The van der Waals surface area contributed by atoms with Gasteiger partial charge in [0.1, 0.15) is 10.6 Å². The second kappa shape index (κ2) is 8.00. The molecule has 0 N–H and O–H groups in total. The normalized spacial score (nSPS) is 11.9. The van der Waals surface area contributed by atoms with Crippen LogP contribution in [0.5, 0.6) is 17.4 Å². The van der Waals surface area contributed by atoms with E-state index in [0.717, 1.165) is 11.1 Å². The van der Waals surface area contributed by atoms with Gasteiger partial charge >= 0.3 is 10.1 Å². The van der Waals surface area contributed by atoms with Gasteiger partial charge in [0.25, 0.3) is 5.88 Å². The first-order chi connectivity index (χ1) is 13.6. The van der Waals surface area contributed by atoms with Crippen molar-refractivity contribution in [3.63, 3.8) is 0 Å². The minimum Gasteiger partial charge on any atom is -0.435 e. The number of ether oxygens (including phenoxy) is 1. The second-order valence-corrected chi connectivity index (χ2v) is 9.47. The molecule has 3 aromatic rings. The highest BCUT2D eigenvalue weighted by atomic mass is 35.5. The maximum absolute atomic E-state index is 12.7. The Morgan fingerprint density at radius 3 is 2.24 bits per heavy atom. The molecule has 0 radical (unpaired) electrons. The Kier molecular flexibility index (Phi) is 5.82. The summed E-state index contributed by atoms with van der Waals surface area (Å²) in [6, 6.07) is 15.0. The summed E-state index contributed by atoms with van der Waals surface area (Å²) in [5.41, 5.74) is 1.65. The topological polar surface area (TPSA) is 78.4 Å². The van der Waals surface area contributed by atoms with Crippen LogP contribution < -0.4 is 8.92 Å². The Balaban J connectivity index is 1.99. The Hall–Kier alpha value is -2.64. The van der Waals surface area contributed by atoms with E-state index in [2.05, 4.69) is 10.2 Å². The third kappa shape index (κ3) is 5.05. The maximum Gasteiger partial charge on any atom is 0.339 e. The smallest absolute Gasteiger partial charge is 0.339 e. The molecule has 0 unspecified atom stereocenters. The SMILES string of the molecule is Cc1ccc(S(=O)(=O)Oc2cc(Cl)nnc2Oc2ccccc2C(C)(C)C)cc1. The van der Waals surface area contributed by atoms with Crippen LogP contribution in [0, 0.1) is 6.92 Å². The standard InChI is InChI=1S/C21H21ClN2O4S/c1-14-9-11-15(12-10-14)29(25,26)28-18-13-19(22)23-24-20(18)27-17-8-6-5-7-16(17)21(2,3)4/h5-13H,1-4H3. The van der Waals surface area contributed by atoms with Crippen molar-refractivity contribution in [3.8, 4) is 17.4 Å². The minimum absolute atomic E-state index is 0.0112. The first-order valence-corrected chi connectivity index (χ1v) is 10.7. The molecule has 0 saturated heterocycles.